The molecule has 0 bridgehead atoms. The average Bonchev–Trinajstić information content (AvgIpc) is 3.59. The largest absolute Gasteiger partial charge is 0.497 e. The normalized spacial score (nSPS) is 16.5. The molecule has 64 heavy (non-hydrogen) atoms. The van der Waals surface area contributed by atoms with E-state index in [1.165, 1.54) is 52.0 Å². The molecular weight excluding hydrogens is 861 g/mol. The van der Waals surface area contributed by atoms with Gasteiger partial charge in [0, 0.05) is 82.3 Å². The van der Waals surface area contributed by atoms with Gasteiger partial charge in [-0.25, -0.2) is 0 Å². The van der Waals surface area contributed by atoms with E-state index in [2.05, 4.69) is 71.1 Å². The van der Waals surface area contributed by atoms with Gasteiger partial charge in [-0.3, -0.25) is 9.11 Å². The SMILES string of the molecule is CN1CCc2c(c3ccccc3n2Cc2ccccc2)C1.COc1ccc2c(c1)OC1(O)COc3cc(OC)c(OC)cc3C1=C2.O=S(=O)(O)c1cccc2c(S(=O)(=O)O)cccc12. The summed E-state index contributed by atoms with van der Waals surface area (Å²) in [7, 11) is -2.01. The second-order valence-corrected chi connectivity index (χ2v) is 18.2. The topological polar surface area (TPSA) is 183 Å². The molecule has 1 unspecified atom stereocenters. The van der Waals surface area contributed by atoms with Crippen molar-refractivity contribution >= 4 is 53.6 Å². The molecule has 14 nitrogen and oxygen atoms in total. The number of nitrogens with zero attached hydrogens (tertiary/aromatic N) is 2. The molecule has 1 aromatic heterocycles. The monoisotopic (exact) mass is 906 g/mol. The van der Waals surface area contributed by atoms with Crippen molar-refractivity contribution in [1.29, 1.82) is 0 Å². The van der Waals surface area contributed by atoms with Crippen molar-refractivity contribution in [2.75, 3.05) is 41.5 Å². The van der Waals surface area contributed by atoms with E-state index < -0.39 is 35.8 Å². The summed E-state index contributed by atoms with van der Waals surface area (Å²) in [6.07, 6.45) is 3.04. The molecule has 16 heteroatoms. The highest BCUT2D eigenvalue weighted by Crippen LogP contribution is 2.49. The second-order valence-electron chi connectivity index (χ2n) is 15.4. The third-order valence-corrected chi connectivity index (χ3v) is 13.2. The number of fused-ring (bicyclic) bond motifs is 8. The zero-order valence-corrected chi connectivity index (χ0v) is 37.0. The van der Waals surface area contributed by atoms with Crippen LogP contribution in [0.25, 0.3) is 33.3 Å². The van der Waals surface area contributed by atoms with E-state index in [0.717, 1.165) is 43.8 Å². The first-order valence-electron chi connectivity index (χ1n) is 20.1. The molecule has 332 valence electrons. The van der Waals surface area contributed by atoms with Crippen molar-refractivity contribution in [1.82, 2.24) is 9.47 Å². The van der Waals surface area contributed by atoms with Gasteiger partial charge in [0.05, 0.1) is 21.3 Å². The van der Waals surface area contributed by atoms with Gasteiger partial charge in [0.25, 0.3) is 26.0 Å². The maximum Gasteiger partial charge on any atom is 0.295 e. The van der Waals surface area contributed by atoms with Crippen LogP contribution in [0, 0.1) is 0 Å². The van der Waals surface area contributed by atoms with Crippen LogP contribution >= 0.6 is 0 Å². The van der Waals surface area contributed by atoms with Crippen molar-refractivity contribution in [2.45, 2.75) is 35.1 Å². The van der Waals surface area contributed by atoms with Gasteiger partial charge >= 0.3 is 0 Å². The van der Waals surface area contributed by atoms with E-state index in [9.17, 15) is 21.9 Å². The lowest BCUT2D eigenvalue weighted by molar-refractivity contribution is -0.116. The van der Waals surface area contributed by atoms with Gasteiger partial charge in [-0.1, -0.05) is 72.8 Å². The van der Waals surface area contributed by atoms with Crippen LogP contribution in [0.4, 0.5) is 0 Å². The number of hydrogen-bond donors (Lipinski definition) is 3. The summed E-state index contributed by atoms with van der Waals surface area (Å²) in [6.45, 7) is 3.16. The quantitative estimate of drug-likeness (QED) is 0.132. The van der Waals surface area contributed by atoms with Crippen LogP contribution in [0.1, 0.15) is 27.9 Å². The van der Waals surface area contributed by atoms with Gasteiger partial charge in [-0.15, -0.1) is 0 Å². The zero-order valence-electron chi connectivity index (χ0n) is 35.4. The Labute approximate surface area is 371 Å². The van der Waals surface area contributed by atoms with Crippen LogP contribution < -0.4 is 23.7 Å². The molecule has 7 aromatic rings. The number of rotatable bonds is 7. The Morgan fingerprint density at radius 1 is 0.703 bits per heavy atom. The molecule has 3 aliphatic heterocycles. The average molecular weight is 907 g/mol. The van der Waals surface area contributed by atoms with Gasteiger partial charge in [0.2, 0.25) is 0 Å². The summed E-state index contributed by atoms with van der Waals surface area (Å²) in [4.78, 5) is 1.60. The van der Waals surface area contributed by atoms with Crippen LogP contribution in [0.5, 0.6) is 28.7 Å². The summed E-state index contributed by atoms with van der Waals surface area (Å²) in [5, 5.41) is 12.5. The van der Waals surface area contributed by atoms with Crippen molar-refractivity contribution in [3.05, 3.63) is 149 Å². The summed E-state index contributed by atoms with van der Waals surface area (Å²) in [5.74, 6) is 1.34. The number of methoxy groups -OCH3 is 3. The Bertz CT molecular complexity index is 3080. The van der Waals surface area contributed by atoms with Crippen LogP contribution in [0.3, 0.4) is 0 Å². The number of benzene rings is 6. The minimum atomic E-state index is -4.47. The Balaban J connectivity index is 0.000000133. The van der Waals surface area contributed by atoms with Crippen LogP contribution in [0.15, 0.2) is 131 Å². The van der Waals surface area contributed by atoms with Crippen molar-refractivity contribution < 1.29 is 54.7 Å². The molecule has 1 atom stereocenters. The van der Waals surface area contributed by atoms with Crippen LogP contribution in [-0.4, -0.2) is 87.8 Å². The second kappa shape index (κ2) is 17.6. The molecule has 0 spiro atoms. The first-order valence-corrected chi connectivity index (χ1v) is 23.0. The van der Waals surface area contributed by atoms with Crippen LogP contribution in [-0.2, 0) is 39.7 Å². The number of hydrogen-bond acceptors (Lipinski definition) is 11. The third-order valence-electron chi connectivity index (χ3n) is 11.4. The molecule has 0 saturated carbocycles. The third kappa shape index (κ3) is 8.75. The lowest BCUT2D eigenvalue weighted by Gasteiger charge is -2.39. The van der Waals surface area contributed by atoms with Crippen LogP contribution in [0.2, 0.25) is 0 Å². The number of ether oxygens (including phenoxy) is 5. The molecule has 0 fully saturated rings. The maximum absolute atomic E-state index is 11.2. The highest BCUT2D eigenvalue weighted by atomic mass is 32.2. The highest BCUT2D eigenvalue weighted by molar-refractivity contribution is 7.86. The van der Waals surface area contributed by atoms with Gasteiger partial charge < -0.3 is 38.3 Å². The number of aliphatic hydroxyl groups is 1. The van der Waals surface area contributed by atoms with E-state index in [0.29, 0.717) is 39.9 Å². The lowest BCUT2D eigenvalue weighted by atomic mass is 9.90. The van der Waals surface area contributed by atoms with E-state index in [-0.39, 0.29) is 17.4 Å². The van der Waals surface area contributed by atoms with Crippen molar-refractivity contribution in [3.63, 3.8) is 0 Å². The minimum Gasteiger partial charge on any atom is -0.497 e. The van der Waals surface area contributed by atoms with Gasteiger partial charge in [-0.05, 0) is 60.6 Å². The fourth-order valence-corrected chi connectivity index (χ4v) is 9.71. The first kappa shape index (κ1) is 44.2. The number of para-hydroxylation sites is 1. The molecule has 0 saturated heterocycles. The Morgan fingerprint density at radius 2 is 1.33 bits per heavy atom. The predicted octanol–water partition coefficient (Wildman–Crippen LogP) is 7.74. The Kier molecular flexibility index (Phi) is 12.2. The smallest absolute Gasteiger partial charge is 0.295 e. The molecule has 3 aliphatic rings. The first-order chi connectivity index (χ1) is 30.6. The molecule has 0 amide bonds. The molecule has 4 heterocycles. The van der Waals surface area contributed by atoms with Gasteiger partial charge in [0.1, 0.15) is 27.0 Å². The van der Waals surface area contributed by atoms with Gasteiger partial charge in [0.15, 0.2) is 18.1 Å². The summed E-state index contributed by atoms with van der Waals surface area (Å²) >= 11 is 0. The molecule has 0 radical (unpaired) electrons. The van der Waals surface area contributed by atoms with Crippen molar-refractivity contribution in [3.8, 4) is 28.7 Å². The van der Waals surface area contributed by atoms with Gasteiger partial charge in [-0.2, -0.15) is 16.8 Å². The Hall–Kier alpha value is -6.40. The standard InChI is InChI=1S/C19H20N2.C19H18O6.C10H8O6S2/c1-20-12-11-19-17(14-20)16-9-5-6-10-18(16)21(19)13-15-7-3-2-4-8-15;1-21-12-5-4-11-6-14-13-8-17(22-2)18(23-3)9-16(13)24-10-19(14,20)25-15(11)7-12;11-17(12,13)9-5-1-3-7-8(9)4-2-6-10(7)18(14,15)16/h2-10H,11-14H2,1H3;4-9,20H,10H2,1-3H3;1-6H,(H,11,12,13)(H,14,15,16). The lowest BCUT2D eigenvalue weighted by Crippen LogP contribution is -2.47. The molecule has 10 rings (SSSR count). The Morgan fingerprint density at radius 3 is 1.97 bits per heavy atom. The molecule has 6 aromatic carbocycles. The summed E-state index contributed by atoms with van der Waals surface area (Å²) in [5.41, 5.74) is 7.97. The summed E-state index contributed by atoms with van der Waals surface area (Å²) in [6, 6.07) is 36.1. The molecule has 3 N–H and O–H groups in total. The highest BCUT2D eigenvalue weighted by Gasteiger charge is 2.44. The molecular formula is C48H46N2O12S2. The number of aromatic nitrogens is 1. The number of likely N-dealkylation sites (N-methyl/N-ethyl adjacent to an activating group) is 1. The van der Waals surface area contributed by atoms with Crippen molar-refractivity contribution in [2.24, 2.45) is 0 Å². The fraction of sp³-hybridized carbons (Fsp3) is 0.208. The summed E-state index contributed by atoms with van der Waals surface area (Å²) < 4.78 is 92.7. The fourth-order valence-electron chi connectivity index (χ4n) is 8.30. The zero-order chi connectivity index (χ0) is 45.4. The maximum atomic E-state index is 11.2. The van der Waals surface area contributed by atoms with E-state index in [4.69, 9.17) is 32.8 Å². The predicted molar refractivity (Wildman–Crippen MR) is 243 cm³/mol. The van der Waals surface area contributed by atoms with E-state index in [1.807, 2.05) is 18.2 Å². The minimum absolute atomic E-state index is 0.0233. The molecule has 0 aliphatic carbocycles. The van der Waals surface area contributed by atoms with E-state index in [1.54, 1.807) is 39.5 Å². The van der Waals surface area contributed by atoms with E-state index >= 15 is 0 Å².